The quantitative estimate of drug-likeness (QED) is 0.604. The van der Waals surface area contributed by atoms with Crippen LogP contribution >= 0.6 is 0 Å². The van der Waals surface area contributed by atoms with E-state index in [4.69, 9.17) is 10.8 Å². The highest BCUT2D eigenvalue weighted by atomic mass is 16.3. The Morgan fingerprint density at radius 3 is 2.48 bits per heavy atom. The first kappa shape index (κ1) is 15.0. The van der Waals surface area contributed by atoms with Crippen LogP contribution < -0.4 is 5.73 Å². The molecule has 25 heavy (non-hydrogen) atoms. The highest BCUT2D eigenvalue weighted by Crippen LogP contribution is 2.26. The first-order valence-corrected chi connectivity index (χ1v) is 7.80. The highest BCUT2D eigenvalue weighted by molar-refractivity contribution is 5.94. The maximum Gasteiger partial charge on any atom is 0.248 e. The van der Waals surface area contributed by atoms with Crippen LogP contribution in [0.25, 0.3) is 28.0 Å². The molecule has 0 saturated carbocycles. The van der Waals surface area contributed by atoms with Crippen LogP contribution in [-0.4, -0.2) is 20.6 Å². The summed E-state index contributed by atoms with van der Waals surface area (Å²) >= 11 is 0. The monoisotopic (exact) mass is 329 g/mol. The molecule has 0 atom stereocenters. The molecule has 0 saturated heterocycles. The molecule has 0 spiro atoms. The van der Waals surface area contributed by atoms with Crippen LogP contribution in [0.3, 0.4) is 0 Å². The number of aromatic nitrogens is 2. The van der Waals surface area contributed by atoms with Crippen molar-refractivity contribution in [2.45, 2.75) is 0 Å². The number of carbonyl (C=O) groups is 1. The van der Waals surface area contributed by atoms with Gasteiger partial charge in [-0.2, -0.15) is 5.10 Å². The van der Waals surface area contributed by atoms with Crippen LogP contribution in [0.2, 0.25) is 0 Å². The van der Waals surface area contributed by atoms with Gasteiger partial charge in [-0.3, -0.25) is 4.79 Å². The van der Waals surface area contributed by atoms with Crippen LogP contribution in [0.1, 0.15) is 10.4 Å². The molecule has 0 unspecified atom stereocenters. The van der Waals surface area contributed by atoms with Crippen LogP contribution in [0.15, 0.2) is 72.8 Å². The predicted octanol–water partition coefficient (Wildman–Crippen LogP) is 3.47. The molecule has 2 aromatic heterocycles. The van der Waals surface area contributed by atoms with Crippen molar-refractivity contribution in [3.63, 3.8) is 0 Å². The summed E-state index contributed by atoms with van der Waals surface area (Å²) in [4.78, 5) is 11.4. The highest BCUT2D eigenvalue weighted by Gasteiger charge is 2.09. The van der Waals surface area contributed by atoms with Crippen molar-refractivity contribution >= 4 is 11.4 Å². The average Bonchev–Trinajstić information content (AvgIpc) is 3.05. The number of amides is 1. The number of hydrogen-bond acceptors (Lipinski definition) is 3. The summed E-state index contributed by atoms with van der Waals surface area (Å²) < 4.78 is 1.82. The predicted molar refractivity (Wildman–Crippen MR) is 96.2 cm³/mol. The Balaban J connectivity index is 1.86. The van der Waals surface area contributed by atoms with Crippen LogP contribution in [-0.2, 0) is 0 Å². The van der Waals surface area contributed by atoms with Gasteiger partial charge in [-0.05, 0) is 48.5 Å². The lowest BCUT2D eigenvalue weighted by molar-refractivity contribution is 0.100. The summed E-state index contributed by atoms with van der Waals surface area (Å²) in [6.45, 7) is 0. The molecule has 2 heterocycles. The van der Waals surface area contributed by atoms with Crippen molar-refractivity contribution in [3.05, 3.63) is 78.4 Å². The maximum absolute atomic E-state index is 11.4. The third-order valence-corrected chi connectivity index (χ3v) is 4.09. The Hall–Kier alpha value is -3.60. The smallest absolute Gasteiger partial charge is 0.248 e. The van der Waals surface area contributed by atoms with Crippen LogP contribution in [0.4, 0.5) is 0 Å². The zero-order valence-electron chi connectivity index (χ0n) is 13.3. The van der Waals surface area contributed by atoms with Gasteiger partial charge < -0.3 is 10.8 Å². The lowest BCUT2D eigenvalue weighted by Gasteiger charge is -2.07. The summed E-state index contributed by atoms with van der Waals surface area (Å²) in [5, 5.41) is 14.4. The minimum atomic E-state index is -0.468. The van der Waals surface area contributed by atoms with E-state index in [9.17, 15) is 9.90 Å². The van der Waals surface area contributed by atoms with Gasteiger partial charge in [0.25, 0.3) is 0 Å². The number of rotatable bonds is 3. The molecular weight excluding hydrogens is 314 g/mol. The second-order valence-electron chi connectivity index (χ2n) is 5.77. The minimum absolute atomic E-state index is 0.206. The number of carbonyl (C=O) groups excluding carboxylic acids is 1. The van der Waals surface area contributed by atoms with E-state index in [0.29, 0.717) is 5.56 Å². The van der Waals surface area contributed by atoms with Gasteiger partial charge in [-0.15, -0.1) is 0 Å². The number of benzene rings is 2. The fourth-order valence-corrected chi connectivity index (χ4v) is 2.86. The molecule has 1 amide bonds. The number of aromatic hydroxyl groups is 1. The van der Waals surface area contributed by atoms with E-state index in [2.05, 4.69) is 0 Å². The molecule has 5 nitrogen and oxygen atoms in total. The van der Waals surface area contributed by atoms with E-state index >= 15 is 0 Å². The second-order valence-corrected chi connectivity index (χ2v) is 5.77. The number of phenolic OH excluding ortho intramolecular Hbond substituents is 1. The van der Waals surface area contributed by atoms with Crippen LogP contribution in [0, 0.1) is 0 Å². The molecular formula is C20H15N3O2. The number of nitrogens with zero attached hydrogens (tertiary/aromatic N) is 2. The van der Waals surface area contributed by atoms with Crippen molar-refractivity contribution in [2.24, 2.45) is 5.73 Å². The summed E-state index contributed by atoms with van der Waals surface area (Å²) in [6, 6.07) is 21.9. The van der Waals surface area contributed by atoms with Crippen molar-refractivity contribution in [1.29, 1.82) is 0 Å². The number of phenols is 1. The van der Waals surface area contributed by atoms with Crippen molar-refractivity contribution in [1.82, 2.24) is 9.61 Å². The number of nitrogens with two attached hydrogens (primary N) is 1. The van der Waals surface area contributed by atoms with Gasteiger partial charge in [-0.1, -0.05) is 24.3 Å². The molecule has 0 fully saturated rings. The Morgan fingerprint density at radius 2 is 1.68 bits per heavy atom. The molecule has 4 rings (SSSR count). The Morgan fingerprint density at radius 1 is 0.920 bits per heavy atom. The average molecular weight is 329 g/mol. The fraction of sp³-hybridized carbons (Fsp3) is 0. The molecule has 0 bridgehead atoms. The summed E-state index contributed by atoms with van der Waals surface area (Å²) in [5.74, 6) is -0.262. The SMILES string of the molecule is NC(=O)c1cccc(-c2ccc3ccc(-c4cccc(O)c4)n3n2)c1. The Labute approximate surface area is 144 Å². The number of fused-ring (bicyclic) bond motifs is 1. The molecule has 0 aliphatic carbocycles. The van der Waals surface area contributed by atoms with Gasteiger partial charge in [0, 0.05) is 16.7 Å². The molecule has 5 heteroatoms. The molecule has 3 N–H and O–H groups in total. The maximum atomic E-state index is 11.4. The molecule has 4 aromatic rings. The first-order valence-electron chi connectivity index (χ1n) is 7.80. The summed E-state index contributed by atoms with van der Waals surface area (Å²) in [6.07, 6.45) is 0. The summed E-state index contributed by atoms with van der Waals surface area (Å²) in [5.41, 5.74) is 10.0. The fourth-order valence-electron chi connectivity index (χ4n) is 2.86. The lowest BCUT2D eigenvalue weighted by Crippen LogP contribution is -2.10. The first-order chi connectivity index (χ1) is 12.1. The van der Waals surface area contributed by atoms with Gasteiger partial charge >= 0.3 is 0 Å². The van der Waals surface area contributed by atoms with Gasteiger partial charge in [0.2, 0.25) is 5.91 Å². The molecule has 122 valence electrons. The zero-order valence-corrected chi connectivity index (χ0v) is 13.3. The minimum Gasteiger partial charge on any atom is -0.508 e. The second kappa shape index (κ2) is 5.79. The van der Waals surface area contributed by atoms with Crippen molar-refractivity contribution in [2.75, 3.05) is 0 Å². The van der Waals surface area contributed by atoms with E-state index in [1.54, 1.807) is 36.4 Å². The standard InChI is InChI=1S/C20H15N3O2/c21-20(25)15-5-1-3-13(11-15)18-9-7-16-8-10-19(23(16)22-18)14-4-2-6-17(24)12-14/h1-12,24H,(H2,21,25). The largest absolute Gasteiger partial charge is 0.508 e. The van der Waals surface area contributed by atoms with Gasteiger partial charge in [0.15, 0.2) is 0 Å². The van der Waals surface area contributed by atoms with Crippen molar-refractivity contribution < 1.29 is 9.90 Å². The Kier molecular flexibility index (Phi) is 3.47. The van der Waals surface area contributed by atoms with E-state index in [-0.39, 0.29) is 5.75 Å². The lowest BCUT2D eigenvalue weighted by atomic mass is 10.1. The summed E-state index contributed by atoms with van der Waals surface area (Å²) in [7, 11) is 0. The van der Waals surface area contributed by atoms with E-state index < -0.39 is 5.91 Å². The van der Waals surface area contributed by atoms with Gasteiger partial charge in [0.1, 0.15) is 5.75 Å². The van der Waals surface area contributed by atoms with Crippen molar-refractivity contribution in [3.8, 4) is 28.3 Å². The molecule has 2 aromatic carbocycles. The Bertz CT molecular complexity index is 1100. The number of primary amides is 1. The van der Waals surface area contributed by atoms with E-state index in [1.165, 1.54) is 0 Å². The van der Waals surface area contributed by atoms with Gasteiger partial charge in [0.05, 0.1) is 16.9 Å². The zero-order chi connectivity index (χ0) is 17.4. The molecule has 0 aliphatic rings. The van der Waals surface area contributed by atoms with Crippen LogP contribution in [0.5, 0.6) is 5.75 Å². The molecule has 0 radical (unpaired) electrons. The van der Waals surface area contributed by atoms with Gasteiger partial charge in [-0.25, -0.2) is 4.52 Å². The normalized spacial score (nSPS) is 10.9. The van der Waals surface area contributed by atoms with E-state index in [0.717, 1.165) is 28.0 Å². The third-order valence-electron chi connectivity index (χ3n) is 4.09. The van der Waals surface area contributed by atoms with E-state index in [1.807, 2.05) is 40.9 Å². The topological polar surface area (TPSA) is 80.6 Å². The third kappa shape index (κ3) is 2.72. The number of hydrogen-bond donors (Lipinski definition) is 2. The molecule has 0 aliphatic heterocycles.